The Morgan fingerprint density at radius 3 is 2.83 bits per heavy atom. The van der Waals surface area contributed by atoms with E-state index < -0.39 is 0 Å². The summed E-state index contributed by atoms with van der Waals surface area (Å²) >= 11 is 2.90. The zero-order chi connectivity index (χ0) is 16.9. The minimum Gasteiger partial charge on any atom is -0.619 e. The number of nitrogens with zero attached hydrogens (tertiary/aromatic N) is 3. The maximum absolute atomic E-state index is 12.1. The predicted molar refractivity (Wildman–Crippen MR) is 94.0 cm³/mol. The van der Waals surface area contributed by atoms with Crippen LogP contribution in [0.25, 0.3) is 0 Å². The topological polar surface area (TPSA) is 81.8 Å². The molecule has 8 heteroatoms. The Kier molecular flexibility index (Phi) is 5.07. The molecule has 6 nitrogen and oxygen atoms in total. The molecule has 24 heavy (non-hydrogen) atoms. The largest absolute Gasteiger partial charge is 0.619 e. The number of anilines is 1. The fourth-order valence-electron chi connectivity index (χ4n) is 2.00. The summed E-state index contributed by atoms with van der Waals surface area (Å²) in [5.41, 5.74) is 2.84. The van der Waals surface area contributed by atoms with E-state index in [4.69, 9.17) is 0 Å². The van der Waals surface area contributed by atoms with Gasteiger partial charge < -0.3 is 5.21 Å². The maximum atomic E-state index is 12.1. The van der Waals surface area contributed by atoms with Crippen LogP contribution in [0.5, 0.6) is 0 Å². The van der Waals surface area contributed by atoms with Crippen molar-refractivity contribution in [3.63, 3.8) is 0 Å². The first-order valence-electron chi connectivity index (χ1n) is 7.12. The fourth-order valence-corrected chi connectivity index (χ4v) is 3.69. The Labute approximate surface area is 147 Å². The highest BCUT2D eigenvalue weighted by Gasteiger charge is 2.11. The van der Waals surface area contributed by atoms with Crippen molar-refractivity contribution in [3.8, 4) is 0 Å². The summed E-state index contributed by atoms with van der Waals surface area (Å²) in [6.07, 6.45) is 2.55. The van der Waals surface area contributed by atoms with Crippen molar-refractivity contribution < 1.29 is 9.52 Å². The van der Waals surface area contributed by atoms with Gasteiger partial charge in [-0.3, -0.25) is 10.1 Å². The van der Waals surface area contributed by atoms with E-state index in [0.29, 0.717) is 15.4 Å². The van der Waals surface area contributed by atoms with Crippen LogP contribution in [0.1, 0.15) is 21.5 Å². The van der Waals surface area contributed by atoms with E-state index in [1.807, 2.05) is 6.07 Å². The van der Waals surface area contributed by atoms with Crippen LogP contribution < -0.4 is 10.0 Å². The molecule has 0 saturated heterocycles. The number of amides is 1. The van der Waals surface area contributed by atoms with E-state index in [-0.39, 0.29) is 5.91 Å². The molecule has 0 aliphatic heterocycles. The average molecular weight is 358 g/mol. The molecule has 3 aromatic rings. The number of hydrogen-bond acceptors (Lipinski definition) is 6. The van der Waals surface area contributed by atoms with E-state index in [9.17, 15) is 10.0 Å². The van der Waals surface area contributed by atoms with Gasteiger partial charge in [0.2, 0.25) is 5.13 Å². The molecule has 2 heterocycles. The van der Waals surface area contributed by atoms with Crippen LogP contribution in [0.2, 0.25) is 0 Å². The molecule has 1 N–H and O–H groups in total. The summed E-state index contributed by atoms with van der Waals surface area (Å²) in [6.45, 7) is 2.06. The second-order valence-electron chi connectivity index (χ2n) is 5.05. The van der Waals surface area contributed by atoms with Gasteiger partial charge in [-0.25, -0.2) is 0 Å². The quantitative estimate of drug-likeness (QED) is 0.328. The van der Waals surface area contributed by atoms with Crippen molar-refractivity contribution in [3.05, 3.63) is 70.7 Å². The number of aromatic nitrogens is 3. The third kappa shape index (κ3) is 4.30. The van der Waals surface area contributed by atoms with E-state index >= 15 is 0 Å². The first-order valence-corrected chi connectivity index (χ1v) is 8.92. The first kappa shape index (κ1) is 16.4. The van der Waals surface area contributed by atoms with Crippen LogP contribution in [-0.4, -0.2) is 16.1 Å². The van der Waals surface area contributed by atoms with Gasteiger partial charge >= 0.3 is 0 Å². The Morgan fingerprint density at radius 1 is 1.29 bits per heavy atom. The zero-order valence-corrected chi connectivity index (χ0v) is 14.4. The van der Waals surface area contributed by atoms with Gasteiger partial charge in [0.15, 0.2) is 16.7 Å². The highest BCUT2D eigenvalue weighted by Crippen LogP contribution is 2.28. The van der Waals surface area contributed by atoms with Crippen LogP contribution in [-0.2, 0) is 5.75 Å². The molecule has 2 aromatic heterocycles. The van der Waals surface area contributed by atoms with Gasteiger partial charge in [0.25, 0.3) is 5.91 Å². The second kappa shape index (κ2) is 7.41. The zero-order valence-electron chi connectivity index (χ0n) is 12.8. The van der Waals surface area contributed by atoms with Crippen molar-refractivity contribution >= 4 is 34.1 Å². The maximum Gasteiger partial charge on any atom is 0.257 e. The fraction of sp³-hybridized carbons (Fsp3) is 0.125. The molecule has 0 unspecified atom stereocenters. The molecule has 0 bridgehead atoms. The molecule has 1 amide bonds. The smallest absolute Gasteiger partial charge is 0.257 e. The molecule has 0 aliphatic carbocycles. The van der Waals surface area contributed by atoms with Gasteiger partial charge in [0.1, 0.15) is 0 Å². The van der Waals surface area contributed by atoms with Crippen LogP contribution in [0.4, 0.5) is 5.13 Å². The molecule has 0 atom stereocenters. The minimum atomic E-state index is -0.318. The Morgan fingerprint density at radius 2 is 2.08 bits per heavy atom. The predicted octanol–water partition coefficient (Wildman–Crippen LogP) is 3.02. The van der Waals surface area contributed by atoms with E-state index in [0.717, 1.165) is 10.1 Å². The number of nitrogens with one attached hydrogen (secondary N) is 1. The van der Waals surface area contributed by atoms with Crippen molar-refractivity contribution in [2.75, 3.05) is 5.32 Å². The third-order valence-electron chi connectivity index (χ3n) is 3.14. The molecule has 1 aromatic carbocycles. The van der Waals surface area contributed by atoms with Gasteiger partial charge in [0, 0.05) is 17.9 Å². The molecule has 0 saturated carbocycles. The molecular weight excluding hydrogens is 344 g/mol. The van der Waals surface area contributed by atoms with Crippen LogP contribution in [0.15, 0.2) is 53.1 Å². The summed E-state index contributed by atoms with van der Waals surface area (Å²) < 4.78 is 1.42. The number of rotatable bonds is 5. The van der Waals surface area contributed by atoms with Gasteiger partial charge in [-0.05, 0) is 12.5 Å². The number of benzene rings is 1. The Balaban J connectivity index is 1.59. The number of pyridine rings is 1. The number of thioether (sulfide) groups is 1. The van der Waals surface area contributed by atoms with Crippen LogP contribution in [0.3, 0.4) is 0 Å². The minimum absolute atomic E-state index is 0.318. The van der Waals surface area contributed by atoms with Crippen molar-refractivity contribution in [1.29, 1.82) is 0 Å². The van der Waals surface area contributed by atoms with Gasteiger partial charge in [0.05, 0.1) is 5.56 Å². The molecule has 0 radical (unpaired) electrons. The van der Waals surface area contributed by atoms with Gasteiger partial charge in [-0.1, -0.05) is 52.9 Å². The Bertz CT molecular complexity index is 849. The second-order valence-corrected chi connectivity index (χ2v) is 7.25. The third-order valence-corrected chi connectivity index (χ3v) is 5.18. The van der Waals surface area contributed by atoms with Gasteiger partial charge in [-0.15, -0.1) is 10.2 Å². The highest BCUT2D eigenvalue weighted by atomic mass is 32.2. The standard InChI is InChI=1S/C16H14N4O2S2/c1-11-3-2-4-12(9-11)10-23-16-19-18-15(24-16)17-14(21)13-5-7-20(22)8-6-13/h2-9H,10H2,1H3,(H,17,18,21). The molecule has 0 aliphatic rings. The van der Waals surface area contributed by atoms with Crippen molar-refractivity contribution in [2.45, 2.75) is 17.0 Å². The highest BCUT2D eigenvalue weighted by molar-refractivity contribution is 8.00. The summed E-state index contributed by atoms with van der Waals surface area (Å²) in [4.78, 5) is 12.1. The molecule has 0 spiro atoms. The van der Waals surface area contributed by atoms with E-state index in [1.165, 1.54) is 47.0 Å². The van der Waals surface area contributed by atoms with Gasteiger partial charge in [-0.2, -0.15) is 4.73 Å². The first-order chi connectivity index (χ1) is 11.6. The Hall–Kier alpha value is -2.45. The summed E-state index contributed by atoms with van der Waals surface area (Å²) in [5.74, 6) is 0.480. The lowest BCUT2D eigenvalue weighted by Gasteiger charge is -2.01. The molecule has 3 rings (SSSR count). The lowest BCUT2D eigenvalue weighted by atomic mass is 10.2. The summed E-state index contributed by atoms with van der Waals surface area (Å²) in [6, 6.07) is 11.2. The summed E-state index contributed by atoms with van der Waals surface area (Å²) in [7, 11) is 0. The van der Waals surface area contributed by atoms with Crippen molar-refractivity contribution in [2.24, 2.45) is 0 Å². The average Bonchev–Trinajstić information content (AvgIpc) is 3.01. The number of carbonyl (C=O) groups is 1. The van der Waals surface area contributed by atoms with Crippen LogP contribution in [0, 0.1) is 12.1 Å². The molecular formula is C16H14N4O2S2. The molecule has 122 valence electrons. The normalized spacial score (nSPS) is 10.5. The number of aryl methyl sites for hydroxylation is 1. The van der Waals surface area contributed by atoms with Crippen molar-refractivity contribution in [1.82, 2.24) is 10.2 Å². The van der Waals surface area contributed by atoms with E-state index in [2.05, 4.69) is 40.6 Å². The SMILES string of the molecule is Cc1cccc(CSc2nnc(NC(=O)c3cc[n+]([O-])cc3)s2)c1. The lowest BCUT2D eigenvalue weighted by Crippen LogP contribution is -2.25. The number of hydrogen-bond donors (Lipinski definition) is 1. The number of carbonyl (C=O) groups excluding carboxylic acids is 1. The molecule has 0 fully saturated rings. The summed E-state index contributed by atoms with van der Waals surface area (Å²) in [5, 5.41) is 22.2. The van der Waals surface area contributed by atoms with E-state index in [1.54, 1.807) is 11.8 Å². The lowest BCUT2D eigenvalue weighted by molar-refractivity contribution is -0.605. The van der Waals surface area contributed by atoms with Crippen LogP contribution >= 0.6 is 23.1 Å². The monoisotopic (exact) mass is 358 g/mol.